The maximum Gasteiger partial charge on any atom is 0.310 e. The molecule has 0 amide bonds. The van der Waals surface area contributed by atoms with Crippen LogP contribution in [0.2, 0.25) is 0 Å². The molecule has 0 radical (unpaired) electrons. The molecule has 0 unspecified atom stereocenters. The summed E-state index contributed by atoms with van der Waals surface area (Å²) in [5, 5.41) is 9.55. The second kappa shape index (κ2) is 6.77. The fourth-order valence-electron chi connectivity index (χ4n) is 2.37. The topological polar surface area (TPSA) is 37.3 Å². The van der Waals surface area contributed by atoms with E-state index in [2.05, 4.69) is 32.9 Å². The van der Waals surface area contributed by atoms with Gasteiger partial charge in [-0.15, -0.1) is 0 Å². The lowest BCUT2D eigenvalue weighted by Crippen LogP contribution is -2.42. The first kappa shape index (κ1) is 16.9. The lowest BCUT2D eigenvalue weighted by Gasteiger charge is -2.41. The summed E-state index contributed by atoms with van der Waals surface area (Å²) in [4.78, 5) is 11.6. The van der Waals surface area contributed by atoms with Crippen molar-refractivity contribution < 1.29 is 9.90 Å². The number of carboxylic acid groups (broad SMARTS) is 1. The first-order valence-electron chi connectivity index (χ1n) is 6.74. The van der Waals surface area contributed by atoms with Crippen LogP contribution in [0.25, 0.3) is 0 Å². The SMILES string of the molecule is C/C=C/[C@](C)(CCC=C(C)C)[C@@](C)(CC)C(=O)O. The number of allylic oxidation sites excluding steroid dienone is 4. The summed E-state index contributed by atoms with van der Waals surface area (Å²) in [7, 11) is 0. The van der Waals surface area contributed by atoms with Crippen molar-refractivity contribution in [1.29, 1.82) is 0 Å². The normalized spacial score (nSPS) is 18.1. The molecule has 2 nitrogen and oxygen atoms in total. The molecular weight excluding hydrogens is 224 g/mol. The molecule has 18 heavy (non-hydrogen) atoms. The minimum absolute atomic E-state index is 0.311. The summed E-state index contributed by atoms with van der Waals surface area (Å²) >= 11 is 0. The summed E-state index contributed by atoms with van der Waals surface area (Å²) in [6, 6.07) is 0. The zero-order valence-corrected chi connectivity index (χ0v) is 12.7. The molecule has 0 aromatic rings. The van der Waals surface area contributed by atoms with Gasteiger partial charge in [0.1, 0.15) is 0 Å². The van der Waals surface area contributed by atoms with E-state index in [0.29, 0.717) is 6.42 Å². The molecule has 104 valence electrons. The van der Waals surface area contributed by atoms with E-state index in [1.54, 1.807) is 0 Å². The Labute approximate surface area is 112 Å². The Kier molecular flexibility index (Phi) is 6.37. The van der Waals surface area contributed by atoms with Gasteiger partial charge in [-0.2, -0.15) is 0 Å². The smallest absolute Gasteiger partial charge is 0.310 e. The third kappa shape index (κ3) is 3.72. The van der Waals surface area contributed by atoms with Crippen molar-refractivity contribution in [2.75, 3.05) is 0 Å². The van der Waals surface area contributed by atoms with Gasteiger partial charge in [0.2, 0.25) is 0 Å². The van der Waals surface area contributed by atoms with Gasteiger partial charge in [0, 0.05) is 5.41 Å². The van der Waals surface area contributed by atoms with E-state index in [1.807, 2.05) is 26.8 Å². The summed E-state index contributed by atoms with van der Waals surface area (Å²) in [5.74, 6) is -0.706. The number of carbonyl (C=O) groups is 1. The summed E-state index contributed by atoms with van der Waals surface area (Å²) in [6.45, 7) is 12.0. The van der Waals surface area contributed by atoms with Crippen LogP contribution in [0.15, 0.2) is 23.8 Å². The fourth-order valence-corrected chi connectivity index (χ4v) is 2.37. The van der Waals surface area contributed by atoms with Crippen LogP contribution in [0.5, 0.6) is 0 Å². The highest BCUT2D eigenvalue weighted by atomic mass is 16.4. The van der Waals surface area contributed by atoms with E-state index in [0.717, 1.165) is 12.8 Å². The van der Waals surface area contributed by atoms with Gasteiger partial charge in [-0.1, -0.05) is 37.6 Å². The van der Waals surface area contributed by atoms with Gasteiger partial charge in [-0.05, 0) is 47.0 Å². The van der Waals surface area contributed by atoms with E-state index < -0.39 is 11.4 Å². The van der Waals surface area contributed by atoms with Crippen molar-refractivity contribution in [2.24, 2.45) is 10.8 Å². The van der Waals surface area contributed by atoms with E-state index in [9.17, 15) is 9.90 Å². The Balaban J connectivity index is 5.24. The minimum Gasteiger partial charge on any atom is -0.481 e. The Morgan fingerprint density at radius 2 is 1.83 bits per heavy atom. The van der Waals surface area contributed by atoms with Gasteiger partial charge in [0.15, 0.2) is 0 Å². The molecule has 0 fully saturated rings. The predicted molar refractivity (Wildman–Crippen MR) is 77.6 cm³/mol. The lowest BCUT2D eigenvalue weighted by atomic mass is 9.61. The molecule has 2 atom stereocenters. The molecule has 0 bridgehead atoms. The number of rotatable bonds is 7. The molecule has 0 saturated carbocycles. The van der Waals surface area contributed by atoms with Crippen molar-refractivity contribution in [3.8, 4) is 0 Å². The molecule has 0 aromatic carbocycles. The fraction of sp³-hybridized carbons (Fsp3) is 0.688. The van der Waals surface area contributed by atoms with Crippen molar-refractivity contribution in [3.63, 3.8) is 0 Å². The highest BCUT2D eigenvalue weighted by Gasteiger charge is 2.46. The Morgan fingerprint density at radius 1 is 1.28 bits per heavy atom. The van der Waals surface area contributed by atoms with Crippen LogP contribution in [-0.2, 0) is 4.79 Å². The van der Waals surface area contributed by atoms with Crippen LogP contribution in [0.1, 0.15) is 60.8 Å². The maximum atomic E-state index is 11.6. The van der Waals surface area contributed by atoms with Gasteiger partial charge in [-0.3, -0.25) is 4.79 Å². The van der Waals surface area contributed by atoms with E-state index in [4.69, 9.17) is 0 Å². The molecule has 2 heteroatoms. The monoisotopic (exact) mass is 252 g/mol. The van der Waals surface area contributed by atoms with Gasteiger partial charge in [0.25, 0.3) is 0 Å². The van der Waals surface area contributed by atoms with Crippen molar-refractivity contribution in [2.45, 2.75) is 60.8 Å². The predicted octanol–water partition coefficient (Wildman–Crippen LogP) is 4.82. The first-order valence-corrected chi connectivity index (χ1v) is 6.74. The second-order valence-corrected chi connectivity index (χ2v) is 5.73. The third-order valence-electron chi connectivity index (χ3n) is 4.19. The van der Waals surface area contributed by atoms with Gasteiger partial charge < -0.3 is 5.11 Å². The van der Waals surface area contributed by atoms with Crippen LogP contribution in [-0.4, -0.2) is 11.1 Å². The molecule has 0 aliphatic carbocycles. The number of hydrogen-bond donors (Lipinski definition) is 1. The number of hydrogen-bond acceptors (Lipinski definition) is 1. The van der Waals surface area contributed by atoms with Crippen LogP contribution in [0, 0.1) is 10.8 Å². The first-order chi connectivity index (χ1) is 8.23. The molecule has 0 heterocycles. The molecule has 0 aliphatic heterocycles. The van der Waals surface area contributed by atoms with Gasteiger partial charge in [-0.25, -0.2) is 0 Å². The number of carboxylic acids is 1. The van der Waals surface area contributed by atoms with Crippen molar-refractivity contribution in [3.05, 3.63) is 23.8 Å². The molecule has 0 rings (SSSR count). The zero-order chi connectivity index (χ0) is 14.4. The highest BCUT2D eigenvalue weighted by Crippen LogP contribution is 2.47. The quantitative estimate of drug-likeness (QED) is 0.660. The summed E-state index contributed by atoms with van der Waals surface area (Å²) in [5.41, 5.74) is 0.259. The largest absolute Gasteiger partial charge is 0.481 e. The number of aliphatic carboxylic acids is 1. The second-order valence-electron chi connectivity index (χ2n) is 5.73. The standard InChI is InChI=1S/C16H28O2/c1-7-11-15(5,12-9-10-13(3)4)16(6,8-2)14(17)18/h7,10-11H,8-9,12H2,1-6H3,(H,17,18)/b11-7+/t15-,16+/m1/s1. The van der Waals surface area contributed by atoms with Crippen LogP contribution in [0.3, 0.4) is 0 Å². The zero-order valence-electron chi connectivity index (χ0n) is 12.7. The molecular formula is C16H28O2. The van der Waals surface area contributed by atoms with E-state index in [-0.39, 0.29) is 5.41 Å². The Hall–Kier alpha value is -1.05. The maximum absolute atomic E-state index is 11.6. The van der Waals surface area contributed by atoms with Crippen LogP contribution < -0.4 is 0 Å². The van der Waals surface area contributed by atoms with Crippen molar-refractivity contribution >= 4 is 5.97 Å². The molecule has 1 N–H and O–H groups in total. The van der Waals surface area contributed by atoms with Gasteiger partial charge in [0.05, 0.1) is 5.41 Å². The van der Waals surface area contributed by atoms with E-state index in [1.165, 1.54) is 5.57 Å². The minimum atomic E-state index is -0.713. The molecule has 0 spiro atoms. The summed E-state index contributed by atoms with van der Waals surface area (Å²) in [6.07, 6.45) is 8.63. The summed E-state index contributed by atoms with van der Waals surface area (Å²) < 4.78 is 0. The average molecular weight is 252 g/mol. The molecule has 0 aromatic heterocycles. The van der Waals surface area contributed by atoms with E-state index >= 15 is 0 Å². The molecule has 0 aliphatic rings. The lowest BCUT2D eigenvalue weighted by molar-refractivity contribution is -0.154. The van der Waals surface area contributed by atoms with Crippen LogP contribution >= 0.6 is 0 Å². The third-order valence-corrected chi connectivity index (χ3v) is 4.19. The Bertz CT molecular complexity index is 337. The average Bonchev–Trinajstić information content (AvgIpc) is 2.27. The van der Waals surface area contributed by atoms with Gasteiger partial charge >= 0.3 is 5.97 Å². The van der Waals surface area contributed by atoms with Crippen LogP contribution in [0.4, 0.5) is 0 Å². The highest BCUT2D eigenvalue weighted by molar-refractivity contribution is 5.75. The molecule has 0 saturated heterocycles. The Morgan fingerprint density at radius 3 is 2.17 bits per heavy atom. The van der Waals surface area contributed by atoms with Crippen molar-refractivity contribution in [1.82, 2.24) is 0 Å².